The first-order chi connectivity index (χ1) is 7.58. The van der Waals surface area contributed by atoms with Crippen molar-refractivity contribution >= 4 is 0 Å². The summed E-state index contributed by atoms with van der Waals surface area (Å²) in [7, 11) is 0. The summed E-state index contributed by atoms with van der Waals surface area (Å²) < 4.78 is 5.77. The lowest BCUT2D eigenvalue weighted by atomic mass is 9.98. The summed E-state index contributed by atoms with van der Waals surface area (Å²) >= 11 is 0. The topological polar surface area (TPSA) is 38.5 Å². The van der Waals surface area contributed by atoms with Gasteiger partial charge in [-0.2, -0.15) is 0 Å². The minimum atomic E-state index is 0.00424. The van der Waals surface area contributed by atoms with E-state index in [0.717, 1.165) is 19.7 Å². The SMILES string of the molecule is CC1(C)CN(C2CCCCCC2N)CCO1. The summed E-state index contributed by atoms with van der Waals surface area (Å²) in [5.41, 5.74) is 6.32. The zero-order chi connectivity index (χ0) is 11.6. The Balaban J connectivity index is 1.98. The molecule has 2 N–H and O–H groups in total. The van der Waals surface area contributed by atoms with Gasteiger partial charge in [0.15, 0.2) is 0 Å². The summed E-state index contributed by atoms with van der Waals surface area (Å²) in [6.45, 7) is 7.31. The second kappa shape index (κ2) is 5.03. The van der Waals surface area contributed by atoms with Gasteiger partial charge in [0.25, 0.3) is 0 Å². The number of nitrogens with zero attached hydrogens (tertiary/aromatic N) is 1. The molecule has 0 aromatic heterocycles. The van der Waals surface area contributed by atoms with Crippen LogP contribution >= 0.6 is 0 Å². The van der Waals surface area contributed by atoms with Gasteiger partial charge in [0.05, 0.1) is 12.2 Å². The Kier molecular flexibility index (Phi) is 3.88. The highest BCUT2D eigenvalue weighted by atomic mass is 16.5. The van der Waals surface area contributed by atoms with Gasteiger partial charge in [-0.3, -0.25) is 4.90 Å². The van der Waals surface area contributed by atoms with Gasteiger partial charge in [-0.15, -0.1) is 0 Å². The first-order valence-electron chi connectivity index (χ1n) is 6.72. The molecule has 3 heteroatoms. The highest BCUT2D eigenvalue weighted by Crippen LogP contribution is 2.25. The molecule has 1 aliphatic heterocycles. The number of rotatable bonds is 1. The van der Waals surface area contributed by atoms with Crippen LogP contribution in [0.5, 0.6) is 0 Å². The van der Waals surface area contributed by atoms with Gasteiger partial charge in [-0.25, -0.2) is 0 Å². The number of hydrogen-bond donors (Lipinski definition) is 1. The Morgan fingerprint density at radius 1 is 1.19 bits per heavy atom. The van der Waals surface area contributed by atoms with Crippen LogP contribution in [0.25, 0.3) is 0 Å². The van der Waals surface area contributed by atoms with Crippen LogP contribution in [-0.4, -0.2) is 42.3 Å². The molecule has 2 atom stereocenters. The van der Waals surface area contributed by atoms with E-state index >= 15 is 0 Å². The summed E-state index contributed by atoms with van der Waals surface area (Å²) in [6, 6.07) is 0.960. The fourth-order valence-corrected chi connectivity index (χ4v) is 3.11. The molecule has 1 aliphatic carbocycles. The third-order valence-corrected chi connectivity index (χ3v) is 3.96. The molecule has 0 aromatic carbocycles. The van der Waals surface area contributed by atoms with Crippen molar-refractivity contribution in [3.05, 3.63) is 0 Å². The van der Waals surface area contributed by atoms with Crippen molar-refractivity contribution in [1.82, 2.24) is 4.90 Å². The molecule has 1 saturated heterocycles. The van der Waals surface area contributed by atoms with E-state index in [-0.39, 0.29) is 5.60 Å². The van der Waals surface area contributed by atoms with E-state index in [1.165, 1.54) is 32.1 Å². The lowest BCUT2D eigenvalue weighted by Gasteiger charge is -2.43. The van der Waals surface area contributed by atoms with Gasteiger partial charge in [0.1, 0.15) is 0 Å². The van der Waals surface area contributed by atoms with E-state index in [1.807, 2.05) is 0 Å². The molecule has 3 nitrogen and oxygen atoms in total. The summed E-state index contributed by atoms with van der Waals surface area (Å²) in [5.74, 6) is 0. The molecule has 94 valence electrons. The Labute approximate surface area is 99.3 Å². The second-order valence-corrected chi connectivity index (χ2v) is 5.95. The van der Waals surface area contributed by atoms with E-state index < -0.39 is 0 Å². The van der Waals surface area contributed by atoms with E-state index in [0.29, 0.717) is 12.1 Å². The maximum atomic E-state index is 6.32. The van der Waals surface area contributed by atoms with E-state index in [9.17, 15) is 0 Å². The Hall–Kier alpha value is -0.120. The van der Waals surface area contributed by atoms with Crippen LogP contribution in [0.1, 0.15) is 46.0 Å². The van der Waals surface area contributed by atoms with Crippen LogP contribution < -0.4 is 5.73 Å². The second-order valence-electron chi connectivity index (χ2n) is 5.95. The largest absolute Gasteiger partial charge is 0.373 e. The van der Waals surface area contributed by atoms with Crippen molar-refractivity contribution in [1.29, 1.82) is 0 Å². The average Bonchev–Trinajstić information content (AvgIpc) is 2.41. The molecule has 0 aromatic rings. The summed E-state index contributed by atoms with van der Waals surface area (Å²) in [6.07, 6.45) is 6.49. The fourth-order valence-electron chi connectivity index (χ4n) is 3.11. The lowest BCUT2D eigenvalue weighted by molar-refractivity contribution is -0.0999. The third-order valence-electron chi connectivity index (χ3n) is 3.96. The van der Waals surface area contributed by atoms with Gasteiger partial charge >= 0.3 is 0 Å². The maximum Gasteiger partial charge on any atom is 0.0753 e. The normalized spacial score (nSPS) is 36.9. The molecule has 2 rings (SSSR count). The fraction of sp³-hybridized carbons (Fsp3) is 1.00. The maximum absolute atomic E-state index is 6.32. The number of morpholine rings is 1. The van der Waals surface area contributed by atoms with Gasteiger partial charge < -0.3 is 10.5 Å². The van der Waals surface area contributed by atoms with Crippen LogP contribution in [-0.2, 0) is 4.74 Å². The molecule has 2 fully saturated rings. The molecule has 1 saturated carbocycles. The van der Waals surface area contributed by atoms with Crippen molar-refractivity contribution in [2.45, 2.75) is 63.6 Å². The highest BCUT2D eigenvalue weighted by molar-refractivity contribution is 4.89. The molecule has 0 radical (unpaired) electrons. The van der Waals surface area contributed by atoms with Gasteiger partial charge in [0.2, 0.25) is 0 Å². The zero-order valence-electron chi connectivity index (χ0n) is 10.7. The van der Waals surface area contributed by atoms with Crippen molar-refractivity contribution < 1.29 is 4.74 Å². The quantitative estimate of drug-likeness (QED) is 0.692. The van der Waals surface area contributed by atoms with Crippen LogP contribution in [0.15, 0.2) is 0 Å². The van der Waals surface area contributed by atoms with Crippen molar-refractivity contribution in [3.8, 4) is 0 Å². The molecule has 0 spiro atoms. The minimum absolute atomic E-state index is 0.00424. The van der Waals surface area contributed by atoms with Crippen molar-refractivity contribution in [2.24, 2.45) is 5.73 Å². The summed E-state index contributed by atoms with van der Waals surface area (Å²) in [4.78, 5) is 2.57. The first-order valence-corrected chi connectivity index (χ1v) is 6.72. The Morgan fingerprint density at radius 3 is 2.69 bits per heavy atom. The predicted molar refractivity (Wildman–Crippen MR) is 66.5 cm³/mol. The van der Waals surface area contributed by atoms with E-state index in [2.05, 4.69) is 18.7 Å². The molecule has 2 unspecified atom stereocenters. The predicted octanol–water partition coefficient (Wildman–Crippen LogP) is 1.76. The number of hydrogen-bond acceptors (Lipinski definition) is 3. The molecule has 0 amide bonds. The van der Waals surface area contributed by atoms with Crippen LogP contribution in [0.4, 0.5) is 0 Å². The molecule has 1 heterocycles. The average molecular weight is 226 g/mol. The van der Waals surface area contributed by atoms with Gasteiger partial charge in [0, 0.05) is 25.2 Å². The van der Waals surface area contributed by atoms with Crippen LogP contribution in [0, 0.1) is 0 Å². The van der Waals surface area contributed by atoms with Crippen LogP contribution in [0.3, 0.4) is 0 Å². The third kappa shape index (κ3) is 2.96. The molecule has 0 bridgehead atoms. The zero-order valence-corrected chi connectivity index (χ0v) is 10.7. The van der Waals surface area contributed by atoms with E-state index in [1.54, 1.807) is 0 Å². The first kappa shape index (κ1) is 12.3. The lowest BCUT2D eigenvalue weighted by Crippen LogP contribution is -2.56. The van der Waals surface area contributed by atoms with Crippen LogP contribution in [0.2, 0.25) is 0 Å². The smallest absolute Gasteiger partial charge is 0.0753 e. The standard InChI is InChI=1S/C13H26N2O/c1-13(2)10-15(8-9-16-13)12-7-5-3-4-6-11(12)14/h11-12H,3-10,14H2,1-2H3. The monoisotopic (exact) mass is 226 g/mol. The van der Waals surface area contributed by atoms with Gasteiger partial charge in [-0.1, -0.05) is 19.3 Å². The molecular weight excluding hydrogens is 200 g/mol. The minimum Gasteiger partial charge on any atom is -0.373 e. The number of nitrogens with two attached hydrogens (primary N) is 1. The number of ether oxygens (including phenoxy) is 1. The highest BCUT2D eigenvalue weighted by Gasteiger charge is 2.34. The van der Waals surface area contributed by atoms with Gasteiger partial charge in [-0.05, 0) is 26.7 Å². The molecule has 16 heavy (non-hydrogen) atoms. The van der Waals surface area contributed by atoms with E-state index in [4.69, 9.17) is 10.5 Å². The Morgan fingerprint density at radius 2 is 1.94 bits per heavy atom. The Bertz CT molecular complexity index is 230. The summed E-state index contributed by atoms with van der Waals surface area (Å²) in [5, 5.41) is 0. The molecule has 2 aliphatic rings. The molecular formula is C13H26N2O. The van der Waals surface area contributed by atoms with Crippen molar-refractivity contribution in [2.75, 3.05) is 19.7 Å². The van der Waals surface area contributed by atoms with Crippen molar-refractivity contribution in [3.63, 3.8) is 0 Å².